The van der Waals surface area contributed by atoms with Crippen molar-refractivity contribution in [3.63, 3.8) is 0 Å². The van der Waals surface area contributed by atoms with Crippen LogP contribution in [0.2, 0.25) is 0 Å². The average molecular weight is 285 g/mol. The Morgan fingerprint density at radius 2 is 2.05 bits per heavy atom. The molecule has 2 saturated heterocycles. The Morgan fingerprint density at radius 3 is 2.60 bits per heavy atom. The van der Waals surface area contributed by atoms with E-state index in [1.807, 2.05) is 0 Å². The van der Waals surface area contributed by atoms with Crippen molar-refractivity contribution in [2.45, 2.75) is 45.8 Å². The number of hydrogen-bond donors (Lipinski definition) is 1. The van der Waals surface area contributed by atoms with Crippen LogP contribution in [0.1, 0.15) is 34.1 Å². The molecule has 0 aliphatic carbocycles. The lowest BCUT2D eigenvalue weighted by Gasteiger charge is -2.44. The standard InChI is InChI=1S/C14H23NO5/c1-13(2,3)20-12(18)15-7-9-5-6-19-10(9)14(4,8-15)11(16)17/h9-10H,5-8H2,1-4H3,(H,16,17)/t9-,10-,14+/m0/s1. The molecule has 2 rings (SSSR count). The van der Waals surface area contributed by atoms with E-state index in [0.717, 1.165) is 6.42 Å². The van der Waals surface area contributed by atoms with E-state index in [1.54, 1.807) is 27.7 Å². The summed E-state index contributed by atoms with van der Waals surface area (Å²) in [6.45, 7) is 8.22. The van der Waals surface area contributed by atoms with Gasteiger partial charge >= 0.3 is 12.1 Å². The zero-order chi connectivity index (χ0) is 15.1. The molecule has 1 amide bonds. The van der Waals surface area contributed by atoms with Crippen LogP contribution in [-0.2, 0) is 14.3 Å². The molecule has 0 aromatic carbocycles. The molecule has 2 aliphatic rings. The van der Waals surface area contributed by atoms with Crippen molar-refractivity contribution in [2.75, 3.05) is 19.7 Å². The number of aliphatic carboxylic acids is 1. The fourth-order valence-corrected chi connectivity index (χ4v) is 3.01. The number of likely N-dealkylation sites (tertiary alicyclic amines) is 1. The largest absolute Gasteiger partial charge is 0.481 e. The first-order chi connectivity index (χ1) is 9.13. The third kappa shape index (κ3) is 2.75. The Kier molecular flexibility index (Phi) is 3.71. The van der Waals surface area contributed by atoms with Crippen LogP contribution in [0.5, 0.6) is 0 Å². The van der Waals surface area contributed by atoms with Gasteiger partial charge in [-0.15, -0.1) is 0 Å². The van der Waals surface area contributed by atoms with Gasteiger partial charge in [0.25, 0.3) is 0 Å². The van der Waals surface area contributed by atoms with Gasteiger partial charge in [-0.05, 0) is 34.1 Å². The normalized spacial score (nSPS) is 33.7. The van der Waals surface area contributed by atoms with Crippen LogP contribution in [-0.4, -0.2) is 53.5 Å². The Morgan fingerprint density at radius 1 is 1.40 bits per heavy atom. The first kappa shape index (κ1) is 15.1. The maximum atomic E-state index is 12.2. The highest BCUT2D eigenvalue weighted by atomic mass is 16.6. The van der Waals surface area contributed by atoms with E-state index >= 15 is 0 Å². The molecule has 2 fully saturated rings. The van der Waals surface area contributed by atoms with Gasteiger partial charge in [-0.2, -0.15) is 0 Å². The Labute approximate surface area is 119 Å². The van der Waals surface area contributed by atoms with Crippen LogP contribution in [0.15, 0.2) is 0 Å². The van der Waals surface area contributed by atoms with Crippen LogP contribution in [0.25, 0.3) is 0 Å². The van der Waals surface area contributed by atoms with E-state index in [-0.39, 0.29) is 18.6 Å². The van der Waals surface area contributed by atoms with E-state index in [2.05, 4.69) is 0 Å². The van der Waals surface area contributed by atoms with Crippen LogP contribution < -0.4 is 0 Å². The minimum atomic E-state index is -1.07. The lowest BCUT2D eigenvalue weighted by molar-refractivity contribution is -0.163. The second-order valence-corrected chi connectivity index (χ2v) is 6.92. The summed E-state index contributed by atoms with van der Waals surface area (Å²) in [6, 6.07) is 0. The predicted octanol–water partition coefficient (Wildman–Crippen LogP) is 1.73. The predicted molar refractivity (Wildman–Crippen MR) is 71.4 cm³/mol. The molecule has 0 aromatic heterocycles. The van der Waals surface area contributed by atoms with Crippen LogP contribution in [0.3, 0.4) is 0 Å². The summed E-state index contributed by atoms with van der Waals surface area (Å²) in [5, 5.41) is 9.52. The molecule has 6 heteroatoms. The number of carboxylic acid groups (broad SMARTS) is 1. The molecule has 0 bridgehead atoms. The molecule has 2 heterocycles. The molecule has 3 atom stereocenters. The van der Waals surface area contributed by atoms with Gasteiger partial charge < -0.3 is 19.5 Å². The van der Waals surface area contributed by atoms with Gasteiger partial charge in [0.2, 0.25) is 0 Å². The summed E-state index contributed by atoms with van der Waals surface area (Å²) in [6.07, 6.45) is 0.0151. The van der Waals surface area contributed by atoms with Crippen molar-refractivity contribution in [1.82, 2.24) is 4.90 Å². The number of ether oxygens (including phenoxy) is 2. The number of hydrogen-bond acceptors (Lipinski definition) is 4. The molecule has 6 nitrogen and oxygen atoms in total. The lowest BCUT2D eigenvalue weighted by Crippen LogP contribution is -2.59. The van der Waals surface area contributed by atoms with Gasteiger partial charge in [-0.3, -0.25) is 4.79 Å². The van der Waals surface area contributed by atoms with Gasteiger partial charge in [-0.1, -0.05) is 0 Å². The van der Waals surface area contributed by atoms with Crippen LogP contribution >= 0.6 is 0 Å². The molecule has 0 saturated carbocycles. The second kappa shape index (κ2) is 4.91. The Hall–Kier alpha value is -1.30. The average Bonchev–Trinajstić information content (AvgIpc) is 2.75. The number of carbonyl (C=O) groups is 2. The van der Waals surface area contributed by atoms with Gasteiger partial charge in [0, 0.05) is 25.6 Å². The van der Waals surface area contributed by atoms with Gasteiger partial charge in [0.05, 0.1) is 6.10 Å². The molecule has 0 spiro atoms. The molecular formula is C14H23NO5. The number of fused-ring (bicyclic) bond motifs is 1. The second-order valence-electron chi connectivity index (χ2n) is 6.92. The van der Waals surface area contributed by atoms with E-state index in [9.17, 15) is 14.7 Å². The van der Waals surface area contributed by atoms with E-state index in [0.29, 0.717) is 13.2 Å². The van der Waals surface area contributed by atoms with Crippen LogP contribution in [0.4, 0.5) is 4.79 Å². The topological polar surface area (TPSA) is 76.1 Å². The minimum Gasteiger partial charge on any atom is -0.481 e. The maximum Gasteiger partial charge on any atom is 0.410 e. The van der Waals surface area contributed by atoms with Crippen molar-refractivity contribution in [1.29, 1.82) is 0 Å². The van der Waals surface area contributed by atoms with Crippen LogP contribution in [0, 0.1) is 11.3 Å². The molecule has 0 unspecified atom stereocenters. The van der Waals surface area contributed by atoms with Crippen molar-refractivity contribution < 1.29 is 24.2 Å². The minimum absolute atomic E-state index is 0.0670. The summed E-state index contributed by atoms with van der Waals surface area (Å²) < 4.78 is 11.0. The fourth-order valence-electron chi connectivity index (χ4n) is 3.01. The van der Waals surface area contributed by atoms with Gasteiger partial charge in [0.15, 0.2) is 0 Å². The number of piperidine rings is 1. The third-order valence-corrected chi connectivity index (χ3v) is 3.96. The molecule has 0 radical (unpaired) electrons. The monoisotopic (exact) mass is 285 g/mol. The van der Waals surface area contributed by atoms with Gasteiger partial charge in [0.1, 0.15) is 11.0 Å². The summed E-state index contributed by atoms with van der Waals surface area (Å²) in [5.74, 6) is -0.861. The van der Waals surface area contributed by atoms with E-state index < -0.39 is 23.1 Å². The Bertz CT molecular complexity index is 416. The number of carboxylic acids is 1. The first-order valence-electron chi connectivity index (χ1n) is 6.96. The molecule has 0 aromatic rings. The number of carbonyl (C=O) groups excluding carboxylic acids is 1. The Balaban J connectivity index is 2.17. The quantitative estimate of drug-likeness (QED) is 0.794. The summed E-state index contributed by atoms with van der Waals surface area (Å²) in [5.41, 5.74) is -1.66. The summed E-state index contributed by atoms with van der Waals surface area (Å²) in [7, 11) is 0. The summed E-state index contributed by atoms with van der Waals surface area (Å²) in [4.78, 5) is 25.3. The first-order valence-corrected chi connectivity index (χ1v) is 6.96. The van der Waals surface area contributed by atoms with Crippen molar-refractivity contribution in [3.05, 3.63) is 0 Å². The van der Waals surface area contributed by atoms with Crippen molar-refractivity contribution in [2.24, 2.45) is 11.3 Å². The van der Waals surface area contributed by atoms with E-state index in [4.69, 9.17) is 9.47 Å². The molecule has 114 valence electrons. The SMILES string of the molecule is CC(C)(C)OC(=O)N1C[C@@H]2CCO[C@@H]2[C@](C)(C(=O)O)C1. The molecule has 2 aliphatic heterocycles. The third-order valence-electron chi connectivity index (χ3n) is 3.96. The number of amides is 1. The zero-order valence-corrected chi connectivity index (χ0v) is 12.5. The maximum absolute atomic E-state index is 12.2. The van der Waals surface area contributed by atoms with Gasteiger partial charge in [-0.25, -0.2) is 4.79 Å². The van der Waals surface area contributed by atoms with Crippen molar-refractivity contribution in [3.8, 4) is 0 Å². The lowest BCUT2D eigenvalue weighted by atomic mass is 9.74. The van der Waals surface area contributed by atoms with Crippen molar-refractivity contribution >= 4 is 12.1 Å². The zero-order valence-electron chi connectivity index (χ0n) is 12.5. The highest BCUT2D eigenvalue weighted by molar-refractivity contribution is 5.77. The highest BCUT2D eigenvalue weighted by Crippen LogP contribution is 2.41. The molecular weight excluding hydrogens is 262 g/mol. The molecule has 20 heavy (non-hydrogen) atoms. The highest BCUT2D eigenvalue weighted by Gasteiger charge is 2.54. The van der Waals surface area contributed by atoms with E-state index in [1.165, 1.54) is 4.90 Å². The smallest absolute Gasteiger partial charge is 0.410 e. The molecule has 1 N–H and O–H groups in total. The number of nitrogens with zero attached hydrogens (tertiary/aromatic N) is 1. The number of rotatable bonds is 1. The summed E-state index contributed by atoms with van der Waals surface area (Å²) >= 11 is 0. The fraction of sp³-hybridized carbons (Fsp3) is 0.857.